The maximum Gasteiger partial charge on any atom is 0.327 e. The van der Waals surface area contributed by atoms with Crippen LogP contribution < -0.4 is 16.4 Å². The minimum absolute atomic E-state index is 0.0829. The average Bonchev–Trinajstić information content (AvgIpc) is 3.28. The van der Waals surface area contributed by atoms with E-state index < -0.39 is 40.7 Å². The summed E-state index contributed by atoms with van der Waals surface area (Å²) in [5.74, 6) is -2.41. The van der Waals surface area contributed by atoms with Crippen LogP contribution >= 0.6 is 12.6 Å². The standard InChI is InChI=1S/C24H29N5O4S/c1-24(2,34)20(23(32)33)29-22(31)19(11-17-12-26-13-27-17)28-21(30)18(25)10-14-7-8-15-5-3-4-6-16(15)9-14/h3-9,12-13,18-20,34H,10-11,25H2,1-2H3,(H,26,27)(H,28,30)(H,29,31)(H,32,33)/t18-,19-,20+/m0/s1. The Morgan fingerprint density at radius 3 is 2.41 bits per heavy atom. The van der Waals surface area contributed by atoms with E-state index in [1.165, 1.54) is 12.5 Å². The van der Waals surface area contributed by atoms with E-state index >= 15 is 0 Å². The zero-order valence-electron chi connectivity index (χ0n) is 19.0. The minimum atomic E-state index is -1.27. The summed E-state index contributed by atoms with van der Waals surface area (Å²) in [6.45, 7) is 3.16. The fraction of sp³-hybridized carbons (Fsp3) is 0.333. The highest BCUT2D eigenvalue weighted by molar-refractivity contribution is 7.81. The number of hydrogen-bond donors (Lipinski definition) is 6. The molecule has 0 aliphatic rings. The van der Waals surface area contributed by atoms with E-state index in [2.05, 4.69) is 33.2 Å². The molecule has 0 bridgehead atoms. The summed E-state index contributed by atoms with van der Waals surface area (Å²) in [6.07, 6.45) is 3.34. The number of aromatic amines is 1. The van der Waals surface area contributed by atoms with Crippen molar-refractivity contribution in [1.82, 2.24) is 20.6 Å². The van der Waals surface area contributed by atoms with Gasteiger partial charge in [0.15, 0.2) is 0 Å². The molecule has 180 valence electrons. The van der Waals surface area contributed by atoms with E-state index in [0.29, 0.717) is 5.69 Å². The lowest BCUT2D eigenvalue weighted by atomic mass is 10.0. The highest BCUT2D eigenvalue weighted by Crippen LogP contribution is 2.19. The van der Waals surface area contributed by atoms with E-state index in [9.17, 15) is 19.5 Å². The first-order valence-corrected chi connectivity index (χ1v) is 11.3. The van der Waals surface area contributed by atoms with Gasteiger partial charge in [-0.2, -0.15) is 12.6 Å². The predicted octanol–water partition coefficient (Wildman–Crippen LogP) is 1.44. The quantitative estimate of drug-likeness (QED) is 0.240. The lowest BCUT2D eigenvalue weighted by Crippen LogP contribution is -2.58. The summed E-state index contributed by atoms with van der Waals surface area (Å²) in [6, 6.07) is 10.5. The predicted molar refractivity (Wildman–Crippen MR) is 132 cm³/mol. The number of thiol groups is 1. The second-order valence-corrected chi connectivity index (χ2v) is 9.92. The third-order valence-corrected chi connectivity index (χ3v) is 5.72. The molecule has 10 heteroatoms. The van der Waals surface area contributed by atoms with Crippen molar-refractivity contribution in [3.05, 3.63) is 66.2 Å². The number of carboxylic acids is 1. The van der Waals surface area contributed by atoms with E-state index in [4.69, 9.17) is 5.73 Å². The Hall–Kier alpha value is -3.37. The van der Waals surface area contributed by atoms with Gasteiger partial charge in [-0.05, 0) is 36.6 Å². The van der Waals surface area contributed by atoms with Crippen LogP contribution in [0.3, 0.4) is 0 Å². The molecule has 0 aliphatic carbocycles. The number of aromatic nitrogens is 2. The van der Waals surface area contributed by atoms with Crippen molar-refractivity contribution in [3.8, 4) is 0 Å². The number of carbonyl (C=O) groups excluding carboxylic acids is 2. The van der Waals surface area contributed by atoms with Crippen molar-refractivity contribution in [2.24, 2.45) is 5.73 Å². The number of carbonyl (C=O) groups is 3. The van der Waals surface area contributed by atoms with Gasteiger partial charge in [-0.1, -0.05) is 42.5 Å². The fourth-order valence-corrected chi connectivity index (χ4v) is 3.78. The number of amides is 2. The van der Waals surface area contributed by atoms with E-state index in [1.54, 1.807) is 13.8 Å². The molecule has 0 spiro atoms. The number of imidazole rings is 1. The van der Waals surface area contributed by atoms with Crippen molar-refractivity contribution < 1.29 is 19.5 Å². The molecule has 3 rings (SSSR count). The summed E-state index contributed by atoms with van der Waals surface area (Å²) in [5, 5.41) is 16.8. The first-order chi connectivity index (χ1) is 16.0. The highest BCUT2D eigenvalue weighted by Gasteiger charge is 2.36. The van der Waals surface area contributed by atoms with Gasteiger partial charge in [-0.15, -0.1) is 0 Å². The first-order valence-electron chi connectivity index (χ1n) is 10.8. The van der Waals surface area contributed by atoms with E-state index in [-0.39, 0.29) is 12.8 Å². The molecule has 34 heavy (non-hydrogen) atoms. The van der Waals surface area contributed by atoms with Crippen LogP contribution in [-0.2, 0) is 27.2 Å². The molecule has 6 N–H and O–H groups in total. The second kappa shape index (κ2) is 10.7. The number of rotatable bonds is 10. The zero-order chi connectivity index (χ0) is 24.9. The molecule has 2 amide bonds. The van der Waals surface area contributed by atoms with Gasteiger partial charge < -0.3 is 26.5 Å². The van der Waals surface area contributed by atoms with Gasteiger partial charge in [0.25, 0.3) is 0 Å². The number of aliphatic carboxylic acids is 1. The molecular formula is C24H29N5O4S. The van der Waals surface area contributed by atoms with E-state index in [1.807, 2.05) is 42.5 Å². The van der Waals surface area contributed by atoms with Crippen LogP contribution in [0.5, 0.6) is 0 Å². The lowest BCUT2D eigenvalue weighted by Gasteiger charge is -2.29. The number of nitrogens with two attached hydrogens (primary N) is 1. The second-order valence-electron chi connectivity index (χ2n) is 8.77. The van der Waals surface area contributed by atoms with Gasteiger partial charge in [0.1, 0.15) is 12.1 Å². The largest absolute Gasteiger partial charge is 0.480 e. The molecule has 3 aromatic rings. The fourth-order valence-electron chi connectivity index (χ4n) is 3.60. The Morgan fingerprint density at radius 2 is 1.79 bits per heavy atom. The number of nitrogens with zero attached hydrogens (tertiary/aromatic N) is 1. The van der Waals surface area contributed by atoms with Crippen LogP contribution in [0.2, 0.25) is 0 Å². The summed E-state index contributed by atoms with van der Waals surface area (Å²) >= 11 is 4.29. The van der Waals surface area contributed by atoms with Crippen LogP contribution in [0.4, 0.5) is 0 Å². The molecule has 0 saturated carbocycles. The van der Waals surface area contributed by atoms with E-state index in [0.717, 1.165) is 16.3 Å². The SMILES string of the molecule is CC(C)(S)[C@H](NC(=O)[C@H](Cc1cnc[nH]1)NC(=O)[C@@H](N)Cc1ccc2ccccc2c1)C(=O)O. The number of nitrogens with one attached hydrogen (secondary N) is 3. The van der Waals surface area contributed by atoms with Crippen LogP contribution in [0.1, 0.15) is 25.1 Å². The Bertz CT molecular complexity index is 1160. The Labute approximate surface area is 202 Å². The van der Waals surface area contributed by atoms with Gasteiger partial charge in [-0.3, -0.25) is 9.59 Å². The smallest absolute Gasteiger partial charge is 0.327 e. The van der Waals surface area contributed by atoms with Gasteiger partial charge in [-0.25, -0.2) is 9.78 Å². The van der Waals surface area contributed by atoms with Crippen molar-refractivity contribution in [3.63, 3.8) is 0 Å². The van der Waals surface area contributed by atoms with Crippen molar-refractivity contribution in [2.45, 2.75) is 49.6 Å². The van der Waals surface area contributed by atoms with Gasteiger partial charge in [0, 0.05) is 23.1 Å². The molecule has 2 aromatic carbocycles. The number of benzene rings is 2. The van der Waals surface area contributed by atoms with Crippen molar-refractivity contribution >= 4 is 41.2 Å². The van der Waals surface area contributed by atoms with Gasteiger partial charge >= 0.3 is 5.97 Å². The zero-order valence-corrected chi connectivity index (χ0v) is 19.9. The molecule has 1 aromatic heterocycles. The van der Waals surface area contributed by atoms with Crippen molar-refractivity contribution in [2.75, 3.05) is 0 Å². The van der Waals surface area contributed by atoms with Crippen LogP contribution in [0.15, 0.2) is 55.0 Å². The summed E-state index contributed by atoms with van der Waals surface area (Å²) in [4.78, 5) is 44.4. The highest BCUT2D eigenvalue weighted by atomic mass is 32.1. The summed E-state index contributed by atoms with van der Waals surface area (Å²) in [7, 11) is 0. The number of H-pyrrole nitrogens is 1. The lowest BCUT2D eigenvalue weighted by molar-refractivity contribution is -0.143. The normalized spacial score (nSPS) is 14.2. The Morgan fingerprint density at radius 1 is 1.09 bits per heavy atom. The monoisotopic (exact) mass is 483 g/mol. The van der Waals surface area contributed by atoms with Crippen LogP contribution in [0.25, 0.3) is 10.8 Å². The molecular weight excluding hydrogens is 454 g/mol. The molecule has 0 aliphatic heterocycles. The topological polar surface area (TPSA) is 150 Å². The third-order valence-electron chi connectivity index (χ3n) is 5.46. The molecule has 0 fully saturated rings. The number of fused-ring (bicyclic) bond motifs is 1. The van der Waals surface area contributed by atoms with Gasteiger partial charge in [0.05, 0.1) is 12.4 Å². The molecule has 3 atom stereocenters. The molecule has 1 heterocycles. The summed E-state index contributed by atoms with van der Waals surface area (Å²) < 4.78 is -1.03. The third kappa shape index (κ3) is 6.58. The number of carboxylic acid groups (broad SMARTS) is 1. The maximum atomic E-state index is 13.0. The molecule has 0 radical (unpaired) electrons. The summed E-state index contributed by atoms with van der Waals surface area (Å²) in [5.41, 5.74) is 7.65. The van der Waals surface area contributed by atoms with Crippen molar-refractivity contribution in [1.29, 1.82) is 0 Å². The average molecular weight is 484 g/mol. The molecule has 0 saturated heterocycles. The number of hydrogen-bond acceptors (Lipinski definition) is 6. The molecule has 9 nitrogen and oxygen atoms in total. The molecule has 0 unspecified atom stereocenters. The van der Waals surface area contributed by atoms with Crippen LogP contribution in [-0.4, -0.2) is 55.7 Å². The van der Waals surface area contributed by atoms with Gasteiger partial charge in [0.2, 0.25) is 11.8 Å². The van der Waals surface area contributed by atoms with Crippen LogP contribution in [0, 0.1) is 0 Å². The minimum Gasteiger partial charge on any atom is -0.480 e. The Kier molecular flexibility index (Phi) is 7.95. The first kappa shape index (κ1) is 25.3. The maximum absolute atomic E-state index is 13.0. The Balaban J connectivity index is 1.73.